The van der Waals surface area contributed by atoms with Gasteiger partial charge in [0, 0.05) is 19.5 Å². The van der Waals surface area contributed by atoms with Gasteiger partial charge in [0.05, 0.1) is 0 Å². The predicted molar refractivity (Wildman–Crippen MR) is 86.1 cm³/mol. The van der Waals surface area contributed by atoms with Crippen LogP contribution in [0.4, 0.5) is 4.79 Å². The van der Waals surface area contributed by atoms with E-state index in [0.717, 1.165) is 51.9 Å². The number of carbonyl (C=O) groups excluding carboxylic acids is 1. The third kappa shape index (κ3) is 7.96. The number of hydrogen-bond acceptors (Lipinski definition) is 3. The highest BCUT2D eigenvalue weighted by molar-refractivity contribution is 5.68. The molecule has 4 nitrogen and oxygen atoms in total. The van der Waals surface area contributed by atoms with Crippen LogP contribution in [0.3, 0.4) is 0 Å². The second kappa shape index (κ2) is 8.94. The molecule has 0 aromatic heterocycles. The number of nitrogens with one attached hydrogen (secondary N) is 1. The monoisotopic (exact) mass is 294 g/mol. The van der Waals surface area contributed by atoms with Crippen LogP contribution in [0.15, 0.2) is 0 Å². The van der Waals surface area contributed by atoms with Gasteiger partial charge in [0.25, 0.3) is 0 Å². The van der Waals surface area contributed by atoms with Gasteiger partial charge < -0.3 is 15.0 Å². The van der Waals surface area contributed by atoms with Gasteiger partial charge in [-0.05, 0) is 65.5 Å². The molecule has 1 aliphatic heterocycles. The van der Waals surface area contributed by atoms with E-state index < -0.39 is 5.60 Å². The standard InChI is InChI=1S/C17H30N2O2/c1-5-6-7-8-11-18-13-15-10-9-12-19(14-15)16(20)21-17(2,3)4/h1,15,18H,6-14H2,2-4H3. The first-order valence-electron chi connectivity index (χ1n) is 8.04. The SMILES string of the molecule is C#CCCCCNCC1CCCN(C(=O)OC(C)(C)C)C1. The molecule has 1 saturated heterocycles. The first-order valence-corrected chi connectivity index (χ1v) is 8.04. The van der Waals surface area contributed by atoms with Crippen molar-refractivity contribution in [2.75, 3.05) is 26.2 Å². The number of likely N-dealkylation sites (tertiary alicyclic amines) is 1. The molecule has 0 radical (unpaired) electrons. The second-order valence-corrected chi connectivity index (χ2v) is 6.80. The van der Waals surface area contributed by atoms with E-state index >= 15 is 0 Å². The average molecular weight is 294 g/mol. The number of ether oxygens (including phenoxy) is 1. The average Bonchev–Trinajstić information content (AvgIpc) is 2.41. The molecule has 4 heteroatoms. The van der Waals surface area contributed by atoms with E-state index in [1.165, 1.54) is 6.42 Å². The summed E-state index contributed by atoms with van der Waals surface area (Å²) in [4.78, 5) is 13.9. The summed E-state index contributed by atoms with van der Waals surface area (Å²) in [5.74, 6) is 3.19. The minimum atomic E-state index is -0.417. The van der Waals surface area contributed by atoms with Gasteiger partial charge in [0.2, 0.25) is 0 Å². The Labute approximate surface area is 129 Å². The fraction of sp³-hybridized carbons (Fsp3) is 0.824. The minimum absolute atomic E-state index is 0.179. The minimum Gasteiger partial charge on any atom is -0.444 e. The summed E-state index contributed by atoms with van der Waals surface area (Å²) in [7, 11) is 0. The van der Waals surface area contributed by atoms with Crippen molar-refractivity contribution >= 4 is 6.09 Å². The number of piperidine rings is 1. The van der Waals surface area contributed by atoms with Gasteiger partial charge in [-0.25, -0.2) is 4.79 Å². The number of hydrogen-bond donors (Lipinski definition) is 1. The van der Waals surface area contributed by atoms with Crippen LogP contribution in [0.5, 0.6) is 0 Å². The third-order valence-corrected chi connectivity index (χ3v) is 3.53. The van der Waals surface area contributed by atoms with Gasteiger partial charge in [-0.1, -0.05) is 0 Å². The quantitative estimate of drug-likeness (QED) is 0.605. The Morgan fingerprint density at radius 3 is 2.86 bits per heavy atom. The maximum atomic E-state index is 12.1. The lowest BCUT2D eigenvalue weighted by Gasteiger charge is -2.34. The zero-order valence-corrected chi connectivity index (χ0v) is 13.8. The molecule has 1 atom stereocenters. The van der Waals surface area contributed by atoms with E-state index in [4.69, 9.17) is 11.2 Å². The van der Waals surface area contributed by atoms with E-state index in [9.17, 15) is 4.79 Å². The van der Waals surface area contributed by atoms with Crippen LogP contribution in [0.25, 0.3) is 0 Å². The van der Waals surface area contributed by atoms with E-state index in [1.54, 1.807) is 0 Å². The van der Waals surface area contributed by atoms with Crippen molar-refractivity contribution in [3.8, 4) is 12.3 Å². The number of nitrogens with zero attached hydrogens (tertiary/aromatic N) is 1. The van der Waals surface area contributed by atoms with Gasteiger partial charge in [0.1, 0.15) is 5.60 Å². The summed E-state index contributed by atoms with van der Waals surface area (Å²) in [5.41, 5.74) is -0.417. The molecular weight excluding hydrogens is 264 g/mol. The van der Waals surface area contributed by atoms with Crippen molar-refractivity contribution in [1.29, 1.82) is 0 Å². The second-order valence-electron chi connectivity index (χ2n) is 6.80. The Kier molecular flexibility index (Phi) is 7.60. The number of rotatable bonds is 6. The predicted octanol–water partition coefficient (Wildman–Crippen LogP) is 3.03. The third-order valence-electron chi connectivity index (χ3n) is 3.53. The normalized spacial score (nSPS) is 19.1. The molecule has 0 spiro atoms. The van der Waals surface area contributed by atoms with Crippen LogP contribution in [-0.2, 0) is 4.74 Å². The molecule has 0 bridgehead atoms. The lowest BCUT2D eigenvalue weighted by Crippen LogP contribution is -2.45. The molecule has 1 N–H and O–H groups in total. The van der Waals surface area contributed by atoms with Crippen molar-refractivity contribution in [1.82, 2.24) is 10.2 Å². The van der Waals surface area contributed by atoms with Crippen molar-refractivity contribution in [2.45, 2.75) is 58.5 Å². The molecule has 1 amide bonds. The summed E-state index contributed by atoms with van der Waals surface area (Å²) in [6.45, 7) is 9.30. The largest absolute Gasteiger partial charge is 0.444 e. The Balaban J connectivity index is 2.23. The number of carbonyl (C=O) groups is 1. The number of unbranched alkanes of at least 4 members (excludes halogenated alkanes) is 2. The molecule has 1 rings (SSSR count). The first-order chi connectivity index (χ1) is 9.92. The molecule has 1 fully saturated rings. The summed E-state index contributed by atoms with van der Waals surface area (Å²) in [6, 6.07) is 0. The Hall–Kier alpha value is -1.21. The van der Waals surface area contributed by atoms with Crippen molar-refractivity contribution in [2.24, 2.45) is 5.92 Å². The van der Waals surface area contributed by atoms with Gasteiger partial charge in [-0.3, -0.25) is 0 Å². The maximum Gasteiger partial charge on any atom is 0.410 e. The lowest BCUT2D eigenvalue weighted by molar-refractivity contribution is 0.0166. The Bertz CT molecular complexity index is 355. The van der Waals surface area contributed by atoms with E-state index in [2.05, 4.69) is 11.2 Å². The van der Waals surface area contributed by atoms with Crippen molar-refractivity contribution in [3.05, 3.63) is 0 Å². The highest BCUT2D eigenvalue weighted by atomic mass is 16.6. The van der Waals surface area contributed by atoms with Gasteiger partial charge in [0.15, 0.2) is 0 Å². The molecule has 0 aromatic carbocycles. The van der Waals surface area contributed by atoms with Gasteiger partial charge >= 0.3 is 6.09 Å². The van der Waals surface area contributed by atoms with Crippen LogP contribution in [0, 0.1) is 18.3 Å². The zero-order valence-electron chi connectivity index (χ0n) is 13.8. The van der Waals surface area contributed by atoms with Gasteiger partial charge in [-0.2, -0.15) is 0 Å². The number of amides is 1. The topological polar surface area (TPSA) is 41.6 Å². The Morgan fingerprint density at radius 2 is 2.19 bits per heavy atom. The summed E-state index contributed by atoms with van der Waals surface area (Å²) in [5, 5.41) is 3.47. The molecule has 0 aromatic rings. The van der Waals surface area contributed by atoms with Crippen LogP contribution in [-0.4, -0.2) is 42.8 Å². The van der Waals surface area contributed by atoms with Crippen LogP contribution in [0.2, 0.25) is 0 Å². The number of terminal acetylenes is 1. The summed E-state index contributed by atoms with van der Waals surface area (Å²) in [6.07, 6.45) is 10.3. The fourth-order valence-corrected chi connectivity index (χ4v) is 2.51. The zero-order chi connectivity index (χ0) is 15.7. The highest BCUT2D eigenvalue weighted by Gasteiger charge is 2.27. The lowest BCUT2D eigenvalue weighted by atomic mass is 9.98. The maximum absolute atomic E-state index is 12.1. The first kappa shape index (κ1) is 17.8. The fourth-order valence-electron chi connectivity index (χ4n) is 2.51. The van der Waals surface area contributed by atoms with Crippen molar-refractivity contribution in [3.63, 3.8) is 0 Å². The molecule has 0 aliphatic carbocycles. The van der Waals surface area contributed by atoms with E-state index in [-0.39, 0.29) is 6.09 Å². The summed E-state index contributed by atoms with van der Waals surface area (Å²) >= 11 is 0. The van der Waals surface area contributed by atoms with E-state index in [1.807, 2.05) is 25.7 Å². The summed E-state index contributed by atoms with van der Waals surface area (Å²) < 4.78 is 5.44. The molecule has 1 aliphatic rings. The molecule has 21 heavy (non-hydrogen) atoms. The van der Waals surface area contributed by atoms with E-state index in [0.29, 0.717) is 5.92 Å². The molecule has 0 saturated carbocycles. The molecule has 1 heterocycles. The van der Waals surface area contributed by atoms with Gasteiger partial charge in [-0.15, -0.1) is 12.3 Å². The molecule has 1 unspecified atom stereocenters. The molecular formula is C17H30N2O2. The Morgan fingerprint density at radius 1 is 1.43 bits per heavy atom. The van der Waals surface area contributed by atoms with Crippen molar-refractivity contribution < 1.29 is 9.53 Å². The smallest absolute Gasteiger partial charge is 0.410 e. The van der Waals surface area contributed by atoms with Crippen LogP contribution in [0.1, 0.15) is 52.9 Å². The molecule has 120 valence electrons. The van der Waals surface area contributed by atoms with Crippen LogP contribution >= 0.6 is 0 Å². The highest BCUT2D eigenvalue weighted by Crippen LogP contribution is 2.18. The van der Waals surface area contributed by atoms with Crippen LogP contribution < -0.4 is 5.32 Å².